The summed E-state index contributed by atoms with van der Waals surface area (Å²) in [6.45, 7) is 7.89. The van der Waals surface area contributed by atoms with Crippen LogP contribution in [0, 0.1) is 5.41 Å². The number of fused-ring (bicyclic) bond motifs is 1. The third-order valence-corrected chi connectivity index (χ3v) is 6.59. The van der Waals surface area contributed by atoms with Crippen molar-refractivity contribution in [3.8, 4) is 5.75 Å². The molecule has 1 saturated heterocycles. The summed E-state index contributed by atoms with van der Waals surface area (Å²) in [5.41, 5.74) is -0.593. The number of carbonyl (C=O) groups excluding carboxylic acids is 2. The highest BCUT2D eigenvalue weighted by Gasteiger charge is 2.55. The summed E-state index contributed by atoms with van der Waals surface area (Å²) in [7, 11) is 1.53. The number of benzene rings is 1. The van der Waals surface area contributed by atoms with Crippen LogP contribution in [0.25, 0.3) is 0 Å². The van der Waals surface area contributed by atoms with Gasteiger partial charge in [0.1, 0.15) is 11.4 Å². The van der Waals surface area contributed by atoms with Gasteiger partial charge in [-0.25, -0.2) is 4.79 Å². The predicted molar refractivity (Wildman–Crippen MR) is 118 cm³/mol. The molecule has 1 heterocycles. The van der Waals surface area contributed by atoms with Crippen molar-refractivity contribution in [2.75, 3.05) is 13.7 Å². The normalized spacial score (nSPS) is 28.5. The van der Waals surface area contributed by atoms with Crippen LogP contribution >= 0.6 is 0 Å². The number of aliphatic hydroxyl groups excluding tert-OH is 1. The number of methoxy groups -OCH3 is 1. The van der Waals surface area contributed by atoms with Crippen LogP contribution in [0.2, 0.25) is 0 Å². The van der Waals surface area contributed by atoms with Gasteiger partial charge in [-0.15, -0.1) is 0 Å². The zero-order chi connectivity index (χ0) is 22.8. The molecule has 0 unspecified atom stereocenters. The van der Waals surface area contributed by atoms with Crippen LogP contribution in [0.15, 0.2) is 24.3 Å². The van der Waals surface area contributed by atoms with Crippen molar-refractivity contribution < 1.29 is 24.2 Å². The number of hydrogen-bond donors (Lipinski definition) is 2. The van der Waals surface area contributed by atoms with Crippen molar-refractivity contribution in [1.82, 2.24) is 10.2 Å². The third-order valence-electron chi connectivity index (χ3n) is 6.59. The molecule has 1 aliphatic carbocycles. The second kappa shape index (κ2) is 9.07. The fourth-order valence-corrected chi connectivity index (χ4v) is 5.05. The predicted octanol–water partition coefficient (Wildman–Crippen LogP) is 3.74. The summed E-state index contributed by atoms with van der Waals surface area (Å²) in [6.07, 6.45) is 3.21. The molecule has 1 aromatic carbocycles. The minimum atomic E-state index is -0.620. The number of nitrogens with one attached hydrogen (secondary N) is 1. The summed E-state index contributed by atoms with van der Waals surface area (Å²) in [5, 5.41) is 13.9. The molecule has 7 nitrogen and oxygen atoms in total. The van der Waals surface area contributed by atoms with Crippen LogP contribution in [0.1, 0.15) is 70.2 Å². The number of hydrogen-bond acceptors (Lipinski definition) is 5. The largest absolute Gasteiger partial charge is 0.496 e. The van der Waals surface area contributed by atoms with Gasteiger partial charge in [0.25, 0.3) is 5.91 Å². The van der Waals surface area contributed by atoms with E-state index in [4.69, 9.17) is 9.47 Å². The molecule has 4 atom stereocenters. The zero-order valence-electron chi connectivity index (χ0n) is 19.3. The number of para-hydroxylation sites is 1. The van der Waals surface area contributed by atoms with Gasteiger partial charge in [0, 0.05) is 18.0 Å². The van der Waals surface area contributed by atoms with E-state index < -0.39 is 17.1 Å². The lowest BCUT2D eigenvalue weighted by atomic mass is 9.75. The highest BCUT2D eigenvalue weighted by molar-refractivity contribution is 5.96. The van der Waals surface area contributed by atoms with Gasteiger partial charge in [0.05, 0.1) is 24.8 Å². The molecule has 2 fully saturated rings. The Hall–Kier alpha value is -2.28. The van der Waals surface area contributed by atoms with Gasteiger partial charge in [0.2, 0.25) is 0 Å². The van der Waals surface area contributed by atoms with E-state index >= 15 is 0 Å². The number of likely N-dealkylation sites (tertiary alicyclic amines) is 1. The molecule has 7 heteroatoms. The number of carbonyl (C=O) groups is 2. The van der Waals surface area contributed by atoms with E-state index in [2.05, 4.69) is 12.2 Å². The van der Waals surface area contributed by atoms with E-state index in [9.17, 15) is 14.7 Å². The molecule has 0 aromatic heterocycles. The minimum absolute atomic E-state index is 0.118. The van der Waals surface area contributed by atoms with Crippen LogP contribution in [0.4, 0.5) is 4.79 Å². The van der Waals surface area contributed by atoms with Crippen molar-refractivity contribution >= 4 is 12.0 Å². The standard InChI is InChI=1S/C24H36N2O5/c1-23(2,3)31-22(29)26-16(14-24(4)19(26)12-8-9-13-20(24)27)15-25-21(28)17-10-6-7-11-18(17)30-5/h6-7,10-11,16,19-20,27H,8-9,12-15H2,1-5H3,(H,25,28)/t16-,19-,20+,24-/m1/s1. The van der Waals surface area contributed by atoms with E-state index in [0.29, 0.717) is 17.7 Å². The Bertz CT molecular complexity index is 805. The molecular weight excluding hydrogens is 396 g/mol. The first-order chi connectivity index (χ1) is 14.6. The Morgan fingerprint density at radius 3 is 2.58 bits per heavy atom. The van der Waals surface area contributed by atoms with Gasteiger partial charge < -0.3 is 19.9 Å². The van der Waals surface area contributed by atoms with E-state index in [1.165, 1.54) is 7.11 Å². The van der Waals surface area contributed by atoms with Crippen LogP contribution in [-0.4, -0.2) is 59.5 Å². The van der Waals surface area contributed by atoms with Crippen molar-refractivity contribution in [3.05, 3.63) is 29.8 Å². The van der Waals surface area contributed by atoms with Crippen LogP contribution in [0.3, 0.4) is 0 Å². The number of ether oxygens (including phenoxy) is 2. The summed E-state index contributed by atoms with van der Waals surface area (Å²) in [4.78, 5) is 27.8. The number of amides is 2. The maximum absolute atomic E-state index is 13.2. The van der Waals surface area contributed by atoms with Crippen molar-refractivity contribution in [1.29, 1.82) is 0 Å². The maximum Gasteiger partial charge on any atom is 0.410 e. The van der Waals surface area contributed by atoms with Crippen LogP contribution in [-0.2, 0) is 4.74 Å². The van der Waals surface area contributed by atoms with E-state index in [0.717, 1.165) is 25.7 Å². The van der Waals surface area contributed by atoms with Gasteiger partial charge in [-0.05, 0) is 52.2 Å². The Morgan fingerprint density at radius 1 is 1.23 bits per heavy atom. The van der Waals surface area contributed by atoms with Crippen LogP contribution in [0.5, 0.6) is 5.75 Å². The highest BCUT2D eigenvalue weighted by atomic mass is 16.6. The molecule has 0 radical (unpaired) electrons. The molecular formula is C24H36N2O5. The number of nitrogens with zero attached hydrogens (tertiary/aromatic N) is 1. The highest BCUT2D eigenvalue weighted by Crippen LogP contribution is 2.48. The SMILES string of the molecule is COc1ccccc1C(=O)NC[C@H]1C[C@@]2(C)[C@@H](O)CCCC[C@H]2N1C(=O)OC(C)(C)C. The molecule has 0 spiro atoms. The molecule has 3 rings (SSSR count). The first-order valence-corrected chi connectivity index (χ1v) is 11.2. The summed E-state index contributed by atoms with van der Waals surface area (Å²) < 4.78 is 11.0. The third kappa shape index (κ3) is 4.97. The lowest BCUT2D eigenvalue weighted by Crippen LogP contribution is -2.50. The Morgan fingerprint density at radius 2 is 1.90 bits per heavy atom. The molecule has 1 aliphatic heterocycles. The first-order valence-electron chi connectivity index (χ1n) is 11.2. The van der Waals surface area contributed by atoms with E-state index in [1.807, 2.05) is 26.8 Å². The second-order valence-electron chi connectivity index (χ2n) is 9.98. The van der Waals surface area contributed by atoms with Crippen molar-refractivity contribution in [3.63, 3.8) is 0 Å². The quantitative estimate of drug-likeness (QED) is 0.757. The van der Waals surface area contributed by atoms with Gasteiger partial charge >= 0.3 is 6.09 Å². The maximum atomic E-state index is 13.2. The molecule has 2 aliphatic rings. The zero-order valence-corrected chi connectivity index (χ0v) is 19.3. The topological polar surface area (TPSA) is 88.1 Å². The van der Waals surface area contributed by atoms with Gasteiger partial charge in [-0.2, -0.15) is 0 Å². The van der Waals surface area contributed by atoms with E-state index in [-0.39, 0.29) is 30.6 Å². The van der Waals surface area contributed by atoms with Gasteiger partial charge in [-0.1, -0.05) is 31.9 Å². The molecule has 2 N–H and O–H groups in total. The van der Waals surface area contributed by atoms with E-state index in [1.54, 1.807) is 23.1 Å². The minimum Gasteiger partial charge on any atom is -0.496 e. The Kier molecular flexibility index (Phi) is 6.84. The molecule has 1 saturated carbocycles. The number of aliphatic hydroxyl groups is 1. The molecule has 172 valence electrons. The molecule has 0 bridgehead atoms. The van der Waals surface area contributed by atoms with Gasteiger partial charge in [-0.3, -0.25) is 9.69 Å². The lowest BCUT2D eigenvalue weighted by Gasteiger charge is -2.37. The second-order valence-corrected chi connectivity index (χ2v) is 9.98. The van der Waals surface area contributed by atoms with Crippen molar-refractivity contribution in [2.24, 2.45) is 5.41 Å². The van der Waals surface area contributed by atoms with Crippen LogP contribution < -0.4 is 10.1 Å². The molecule has 1 aromatic rings. The average molecular weight is 433 g/mol. The fourth-order valence-electron chi connectivity index (χ4n) is 5.05. The Labute approximate surface area is 185 Å². The molecule has 31 heavy (non-hydrogen) atoms. The van der Waals surface area contributed by atoms with Gasteiger partial charge in [0.15, 0.2) is 0 Å². The monoisotopic (exact) mass is 432 g/mol. The first kappa shape index (κ1) is 23.4. The summed E-state index contributed by atoms with van der Waals surface area (Å²) in [5.74, 6) is 0.252. The molecule has 2 amide bonds. The number of rotatable bonds is 4. The lowest BCUT2D eigenvalue weighted by molar-refractivity contribution is -0.00901. The summed E-state index contributed by atoms with van der Waals surface area (Å²) >= 11 is 0. The van der Waals surface area contributed by atoms with Crippen molar-refractivity contribution in [2.45, 2.75) is 83.6 Å². The Balaban J connectivity index is 1.82. The summed E-state index contributed by atoms with van der Waals surface area (Å²) in [6, 6.07) is 6.68. The fraction of sp³-hybridized carbons (Fsp3) is 0.667. The average Bonchev–Trinajstić information content (AvgIpc) is 2.92. The smallest absolute Gasteiger partial charge is 0.410 e.